The molecule has 1 aromatic heterocycles. The number of amides is 1. The molecule has 0 atom stereocenters. The zero-order chi connectivity index (χ0) is 21.3. The van der Waals surface area contributed by atoms with Crippen molar-refractivity contribution < 1.29 is 9.53 Å². The van der Waals surface area contributed by atoms with Crippen LogP contribution in [0.25, 0.3) is 0 Å². The van der Waals surface area contributed by atoms with Gasteiger partial charge < -0.3 is 14.6 Å². The highest BCUT2D eigenvalue weighted by Crippen LogP contribution is 2.24. The Morgan fingerprint density at radius 1 is 1.00 bits per heavy atom. The van der Waals surface area contributed by atoms with E-state index >= 15 is 0 Å². The molecule has 0 saturated carbocycles. The normalized spacial score (nSPS) is 10.8. The van der Waals surface area contributed by atoms with Crippen molar-refractivity contribution in [2.45, 2.75) is 51.9 Å². The van der Waals surface area contributed by atoms with E-state index < -0.39 is 0 Å². The Morgan fingerprint density at radius 3 is 2.33 bits per heavy atom. The number of carbonyl (C=O) groups is 1. The molecule has 0 unspecified atom stereocenters. The molecule has 2 aromatic carbocycles. The summed E-state index contributed by atoms with van der Waals surface area (Å²) in [6.07, 6.45) is 1.76. The topological polar surface area (TPSA) is 69.0 Å². The highest BCUT2D eigenvalue weighted by Gasteiger charge is 2.15. The number of carbonyl (C=O) groups excluding carboxylic acids is 1. The number of nitrogens with one attached hydrogen (secondary N) is 1. The van der Waals surface area contributed by atoms with Gasteiger partial charge in [0.2, 0.25) is 5.91 Å². The molecular formula is C23H28N4O2S. The molecule has 1 heterocycles. The lowest BCUT2D eigenvalue weighted by Crippen LogP contribution is -2.17. The van der Waals surface area contributed by atoms with Crippen LogP contribution in [0.4, 0.5) is 5.69 Å². The number of aryl methyl sites for hydroxylation is 2. The Balaban J connectivity index is 1.62. The SMILES string of the molecule is CCc1cccc(CC)c1NC(=O)CSc1nnc(COc2ccccc2)n1CC. The largest absolute Gasteiger partial charge is 0.486 e. The molecule has 1 amide bonds. The van der Waals surface area contributed by atoms with Crippen LogP contribution in [-0.2, 0) is 30.8 Å². The van der Waals surface area contributed by atoms with E-state index in [4.69, 9.17) is 4.74 Å². The molecule has 0 aliphatic rings. The van der Waals surface area contributed by atoms with Crippen LogP contribution < -0.4 is 10.1 Å². The first-order chi connectivity index (χ1) is 14.7. The molecule has 30 heavy (non-hydrogen) atoms. The maximum absolute atomic E-state index is 12.6. The number of ether oxygens (including phenoxy) is 1. The Hall–Kier alpha value is -2.80. The van der Waals surface area contributed by atoms with E-state index in [1.54, 1.807) is 0 Å². The number of benzene rings is 2. The van der Waals surface area contributed by atoms with Gasteiger partial charge in [-0.25, -0.2) is 0 Å². The third kappa shape index (κ3) is 5.42. The molecular weight excluding hydrogens is 396 g/mol. The molecule has 1 N–H and O–H groups in total. The minimum Gasteiger partial charge on any atom is -0.486 e. The van der Waals surface area contributed by atoms with Gasteiger partial charge in [-0.2, -0.15) is 0 Å². The van der Waals surface area contributed by atoms with Crippen molar-refractivity contribution in [3.05, 3.63) is 65.5 Å². The first kappa shape index (κ1) is 21.9. The first-order valence-electron chi connectivity index (χ1n) is 10.3. The van der Waals surface area contributed by atoms with Crippen LogP contribution in [0.15, 0.2) is 53.7 Å². The molecule has 0 saturated heterocycles. The van der Waals surface area contributed by atoms with Gasteiger partial charge in [0.1, 0.15) is 12.4 Å². The summed E-state index contributed by atoms with van der Waals surface area (Å²) in [4.78, 5) is 12.6. The van der Waals surface area contributed by atoms with Gasteiger partial charge in [-0.15, -0.1) is 10.2 Å². The zero-order valence-electron chi connectivity index (χ0n) is 17.7. The van der Waals surface area contributed by atoms with Crippen molar-refractivity contribution >= 4 is 23.4 Å². The molecule has 0 fully saturated rings. The van der Waals surface area contributed by atoms with E-state index in [2.05, 4.69) is 41.5 Å². The standard InChI is InChI=1S/C23H28N4O2S/c1-4-17-11-10-12-18(5-2)22(17)24-21(28)16-30-23-26-25-20(27(23)6-3)15-29-19-13-8-7-9-14-19/h7-14H,4-6,15-16H2,1-3H3,(H,24,28). The molecule has 0 bridgehead atoms. The Bertz CT molecular complexity index is 950. The molecule has 0 spiro atoms. The van der Waals surface area contributed by atoms with Crippen molar-refractivity contribution in [3.8, 4) is 5.75 Å². The van der Waals surface area contributed by atoms with Gasteiger partial charge in [-0.3, -0.25) is 4.79 Å². The third-order valence-electron chi connectivity index (χ3n) is 4.82. The first-order valence-corrected chi connectivity index (χ1v) is 11.3. The molecule has 6 nitrogen and oxygen atoms in total. The summed E-state index contributed by atoms with van der Waals surface area (Å²) < 4.78 is 7.78. The molecule has 3 aromatic rings. The quantitative estimate of drug-likeness (QED) is 0.477. The molecule has 158 valence electrons. The number of para-hydroxylation sites is 2. The molecule has 0 aliphatic heterocycles. The molecule has 0 aliphatic carbocycles. The lowest BCUT2D eigenvalue weighted by molar-refractivity contribution is -0.113. The predicted molar refractivity (Wildman–Crippen MR) is 121 cm³/mol. The average Bonchev–Trinajstić information content (AvgIpc) is 3.18. The second-order valence-electron chi connectivity index (χ2n) is 6.74. The summed E-state index contributed by atoms with van der Waals surface area (Å²) in [6.45, 7) is 7.28. The third-order valence-corrected chi connectivity index (χ3v) is 5.78. The van der Waals surface area contributed by atoms with Gasteiger partial charge in [0.15, 0.2) is 11.0 Å². The summed E-state index contributed by atoms with van der Waals surface area (Å²) in [5.41, 5.74) is 3.26. The fourth-order valence-corrected chi connectivity index (χ4v) is 4.04. The van der Waals surface area contributed by atoms with E-state index in [1.165, 1.54) is 11.8 Å². The number of nitrogens with zero attached hydrogens (tertiary/aromatic N) is 3. The van der Waals surface area contributed by atoms with Gasteiger partial charge >= 0.3 is 0 Å². The lowest BCUT2D eigenvalue weighted by Gasteiger charge is -2.14. The van der Waals surface area contributed by atoms with Crippen LogP contribution in [-0.4, -0.2) is 26.4 Å². The van der Waals surface area contributed by atoms with Crippen molar-refractivity contribution in [2.75, 3.05) is 11.1 Å². The fraction of sp³-hybridized carbons (Fsp3) is 0.348. The van der Waals surface area contributed by atoms with E-state index in [1.807, 2.05) is 47.9 Å². The van der Waals surface area contributed by atoms with E-state index in [0.717, 1.165) is 46.4 Å². The Labute approximate surface area is 182 Å². The summed E-state index contributed by atoms with van der Waals surface area (Å²) in [5.74, 6) is 1.77. The van der Waals surface area contributed by atoms with Crippen LogP contribution in [0.2, 0.25) is 0 Å². The zero-order valence-corrected chi connectivity index (χ0v) is 18.5. The molecule has 7 heteroatoms. The Morgan fingerprint density at radius 2 is 1.70 bits per heavy atom. The maximum atomic E-state index is 12.6. The monoisotopic (exact) mass is 424 g/mol. The summed E-state index contributed by atoms with van der Waals surface area (Å²) >= 11 is 1.39. The van der Waals surface area contributed by atoms with Crippen molar-refractivity contribution in [2.24, 2.45) is 0 Å². The average molecular weight is 425 g/mol. The number of anilines is 1. The summed E-state index contributed by atoms with van der Waals surface area (Å²) in [5, 5.41) is 12.3. The van der Waals surface area contributed by atoms with Crippen LogP contribution in [0.3, 0.4) is 0 Å². The second-order valence-corrected chi connectivity index (χ2v) is 7.68. The van der Waals surface area contributed by atoms with Crippen LogP contribution in [0.5, 0.6) is 5.75 Å². The molecule has 0 radical (unpaired) electrons. The van der Waals surface area contributed by atoms with Gasteiger partial charge in [0.25, 0.3) is 0 Å². The fourth-order valence-electron chi connectivity index (χ4n) is 3.22. The minimum atomic E-state index is -0.0386. The van der Waals surface area contributed by atoms with Crippen molar-refractivity contribution in [1.29, 1.82) is 0 Å². The second kappa shape index (κ2) is 10.8. The van der Waals surface area contributed by atoms with E-state index in [0.29, 0.717) is 13.2 Å². The summed E-state index contributed by atoms with van der Waals surface area (Å²) in [7, 11) is 0. The number of hydrogen-bond acceptors (Lipinski definition) is 5. The van der Waals surface area contributed by atoms with Gasteiger partial charge in [0, 0.05) is 12.2 Å². The van der Waals surface area contributed by atoms with Crippen LogP contribution in [0, 0.1) is 0 Å². The Kier molecular flexibility index (Phi) is 7.90. The number of rotatable bonds is 10. The highest BCUT2D eigenvalue weighted by atomic mass is 32.2. The van der Waals surface area contributed by atoms with E-state index in [9.17, 15) is 4.79 Å². The predicted octanol–water partition coefficient (Wildman–Crippen LogP) is 4.73. The van der Waals surface area contributed by atoms with Crippen molar-refractivity contribution in [3.63, 3.8) is 0 Å². The van der Waals surface area contributed by atoms with Gasteiger partial charge in [-0.05, 0) is 43.0 Å². The van der Waals surface area contributed by atoms with Gasteiger partial charge in [0.05, 0.1) is 5.75 Å². The maximum Gasteiger partial charge on any atom is 0.234 e. The molecule has 3 rings (SSSR count). The number of thioether (sulfide) groups is 1. The highest BCUT2D eigenvalue weighted by molar-refractivity contribution is 7.99. The smallest absolute Gasteiger partial charge is 0.234 e. The summed E-state index contributed by atoms with van der Waals surface area (Å²) in [6, 6.07) is 15.8. The van der Waals surface area contributed by atoms with Crippen molar-refractivity contribution in [1.82, 2.24) is 14.8 Å². The van der Waals surface area contributed by atoms with Crippen LogP contribution in [0.1, 0.15) is 37.7 Å². The minimum absolute atomic E-state index is 0.0386. The van der Waals surface area contributed by atoms with E-state index in [-0.39, 0.29) is 11.7 Å². The lowest BCUT2D eigenvalue weighted by atomic mass is 10.0. The number of aromatic nitrogens is 3. The number of hydrogen-bond donors (Lipinski definition) is 1. The van der Waals surface area contributed by atoms with Crippen LogP contribution >= 0.6 is 11.8 Å². The van der Waals surface area contributed by atoms with Gasteiger partial charge in [-0.1, -0.05) is 62.0 Å².